The van der Waals surface area contributed by atoms with Crippen LogP contribution in [0, 0.1) is 0 Å². The van der Waals surface area contributed by atoms with E-state index < -0.39 is 23.3 Å². The molecule has 0 aliphatic heterocycles. The molecule has 114 valence electrons. The van der Waals surface area contributed by atoms with Gasteiger partial charge in [-0.1, -0.05) is 24.3 Å². The molecule has 0 fully saturated rings. The first-order valence-electron chi connectivity index (χ1n) is 5.88. The number of carbonyl (C=O) groups is 2. The standard InChI is InChI=1S/C14H10O7S.2Na/c15-13(16)9-5-1-3-7-11(9)20-22(19)21-12-8-4-2-6-10(12)14(17)18;;/h1-8H,(H,15,16)(H,17,18);;/q;2*+1/p-2. The average molecular weight is 366 g/mol. The maximum absolute atomic E-state index is 11.8. The molecule has 0 saturated heterocycles. The van der Waals surface area contributed by atoms with Crippen LogP contribution in [0.4, 0.5) is 0 Å². The van der Waals surface area contributed by atoms with E-state index in [-0.39, 0.29) is 81.7 Å². The van der Waals surface area contributed by atoms with Gasteiger partial charge in [0.2, 0.25) is 0 Å². The molecule has 0 N–H and O–H groups in total. The molecule has 24 heavy (non-hydrogen) atoms. The van der Waals surface area contributed by atoms with E-state index in [4.69, 9.17) is 8.37 Å². The molecule has 0 aromatic heterocycles. The first-order chi connectivity index (χ1) is 10.5. The van der Waals surface area contributed by atoms with E-state index in [1.807, 2.05) is 0 Å². The minimum Gasteiger partial charge on any atom is -0.545 e. The second-order valence-corrected chi connectivity index (χ2v) is 4.68. The van der Waals surface area contributed by atoms with Crippen molar-refractivity contribution in [2.24, 2.45) is 0 Å². The van der Waals surface area contributed by atoms with E-state index in [0.717, 1.165) is 0 Å². The molecule has 0 saturated carbocycles. The summed E-state index contributed by atoms with van der Waals surface area (Å²) in [6, 6.07) is 10.7. The molecule has 7 nitrogen and oxygen atoms in total. The average Bonchev–Trinajstić information content (AvgIpc) is 2.47. The maximum Gasteiger partial charge on any atom is 1.00 e. The Morgan fingerprint density at radius 3 is 1.42 bits per heavy atom. The van der Waals surface area contributed by atoms with Gasteiger partial charge in [-0.3, -0.25) is 0 Å². The molecule has 0 unspecified atom stereocenters. The van der Waals surface area contributed by atoms with E-state index in [1.54, 1.807) is 0 Å². The SMILES string of the molecule is O=C([O-])c1ccccc1OS(=O)Oc1ccccc1C(=O)[O-].[Na+].[Na+]. The minimum atomic E-state index is -2.46. The molecule has 0 atom stereocenters. The van der Waals surface area contributed by atoms with Gasteiger partial charge >= 0.3 is 70.5 Å². The number of carboxylic acid groups (broad SMARTS) is 2. The van der Waals surface area contributed by atoms with E-state index in [1.165, 1.54) is 48.5 Å². The molecule has 0 bridgehead atoms. The van der Waals surface area contributed by atoms with Gasteiger partial charge in [0.1, 0.15) is 0 Å². The Hall–Kier alpha value is -0.870. The molecule has 0 spiro atoms. The van der Waals surface area contributed by atoms with Crippen LogP contribution in [0.15, 0.2) is 48.5 Å². The summed E-state index contributed by atoms with van der Waals surface area (Å²) >= 11 is -2.46. The van der Waals surface area contributed by atoms with Gasteiger partial charge in [-0.15, -0.1) is 0 Å². The number of para-hydroxylation sites is 2. The molecule has 2 rings (SSSR count). The van der Waals surface area contributed by atoms with Crippen molar-refractivity contribution in [2.45, 2.75) is 0 Å². The molecule has 10 heteroatoms. The molecule has 2 aromatic rings. The second kappa shape index (κ2) is 10.9. The zero-order chi connectivity index (χ0) is 16.1. The Balaban J connectivity index is 0.00000264. The molecular formula is C14H8Na2O7S. The number of benzene rings is 2. The van der Waals surface area contributed by atoms with Gasteiger partial charge in [-0.05, 0) is 24.3 Å². The van der Waals surface area contributed by atoms with Crippen LogP contribution < -0.4 is 77.7 Å². The number of rotatable bonds is 6. The topological polar surface area (TPSA) is 116 Å². The quantitative estimate of drug-likeness (QED) is 0.467. The van der Waals surface area contributed by atoms with Gasteiger partial charge in [0.05, 0.1) is 11.9 Å². The molecule has 0 aliphatic carbocycles. The van der Waals surface area contributed by atoms with Gasteiger partial charge < -0.3 is 28.2 Å². The van der Waals surface area contributed by atoms with Crippen molar-refractivity contribution < 1.29 is 91.5 Å². The Morgan fingerprint density at radius 1 is 0.750 bits per heavy atom. The van der Waals surface area contributed by atoms with Gasteiger partial charge in [-0.2, -0.15) is 4.21 Å². The third kappa shape index (κ3) is 6.21. The van der Waals surface area contributed by atoms with Crippen molar-refractivity contribution in [2.75, 3.05) is 0 Å². The van der Waals surface area contributed by atoms with Crippen molar-refractivity contribution >= 4 is 23.3 Å². The summed E-state index contributed by atoms with van der Waals surface area (Å²) in [7, 11) is 0. The fraction of sp³-hybridized carbons (Fsp3) is 0. The third-order valence-corrected chi connectivity index (χ3v) is 3.16. The Morgan fingerprint density at radius 2 is 1.08 bits per heavy atom. The summed E-state index contributed by atoms with van der Waals surface area (Å²) in [4.78, 5) is 21.8. The molecular weight excluding hydrogens is 358 g/mol. The van der Waals surface area contributed by atoms with Gasteiger partial charge in [-0.25, -0.2) is 0 Å². The number of aromatic carboxylic acids is 2. The Bertz CT molecular complexity index is 690. The van der Waals surface area contributed by atoms with Crippen molar-refractivity contribution in [3.8, 4) is 11.5 Å². The fourth-order valence-corrected chi connectivity index (χ4v) is 2.20. The van der Waals surface area contributed by atoms with E-state index >= 15 is 0 Å². The van der Waals surface area contributed by atoms with Crippen LogP contribution in [0.25, 0.3) is 0 Å². The molecule has 0 aliphatic rings. The van der Waals surface area contributed by atoms with Crippen LogP contribution in [0.3, 0.4) is 0 Å². The molecule has 0 heterocycles. The third-order valence-electron chi connectivity index (χ3n) is 2.53. The normalized spacial score (nSPS) is 9.38. The summed E-state index contributed by atoms with van der Waals surface area (Å²) in [5.74, 6) is -3.48. The summed E-state index contributed by atoms with van der Waals surface area (Å²) in [5.41, 5.74) is -0.625. The van der Waals surface area contributed by atoms with Crippen LogP contribution in [0.2, 0.25) is 0 Å². The number of hydrogen-bond acceptors (Lipinski definition) is 7. The molecule has 2 aromatic carbocycles. The number of hydrogen-bond donors (Lipinski definition) is 0. The first-order valence-corrected chi connectivity index (χ1v) is 6.88. The Kier molecular flexibility index (Phi) is 10.5. The predicted molar refractivity (Wildman–Crippen MR) is 70.9 cm³/mol. The maximum atomic E-state index is 11.8. The van der Waals surface area contributed by atoms with Gasteiger partial charge in [0.25, 0.3) is 0 Å². The van der Waals surface area contributed by atoms with Crippen LogP contribution in [0.1, 0.15) is 20.7 Å². The minimum absolute atomic E-state index is 0. The van der Waals surface area contributed by atoms with E-state index in [0.29, 0.717) is 0 Å². The van der Waals surface area contributed by atoms with Gasteiger partial charge in [0, 0.05) is 11.1 Å². The smallest absolute Gasteiger partial charge is 0.545 e. The summed E-state index contributed by atoms with van der Waals surface area (Å²) < 4.78 is 21.5. The monoisotopic (exact) mass is 366 g/mol. The largest absolute Gasteiger partial charge is 1.00 e. The van der Waals surface area contributed by atoms with E-state index in [9.17, 15) is 24.0 Å². The first kappa shape index (κ1) is 23.1. The Labute approximate surface area is 184 Å². The van der Waals surface area contributed by atoms with Crippen LogP contribution >= 0.6 is 0 Å². The molecule has 0 radical (unpaired) electrons. The van der Waals surface area contributed by atoms with E-state index in [2.05, 4.69) is 0 Å². The van der Waals surface area contributed by atoms with Crippen LogP contribution in [0.5, 0.6) is 11.5 Å². The molecule has 0 amide bonds. The summed E-state index contributed by atoms with van der Waals surface area (Å²) in [6.07, 6.45) is 0. The van der Waals surface area contributed by atoms with Crippen LogP contribution in [-0.4, -0.2) is 16.1 Å². The summed E-state index contributed by atoms with van der Waals surface area (Å²) in [5, 5.41) is 21.8. The van der Waals surface area contributed by atoms with Crippen molar-refractivity contribution in [3.63, 3.8) is 0 Å². The second-order valence-electron chi connectivity index (χ2n) is 3.94. The van der Waals surface area contributed by atoms with Gasteiger partial charge in [0.15, 0.2) is 11.5 Å². The van der Waals surface area contributed by atoms with Crippen molar-refractivity contribution in [1.29, 1.82) is 0 Å². The van der Waals surface area contributed by atoms with Crippen LogP contribution in [-0.2, 0) is 11.4 Å². The number of carboxylic acids is 2. The summed E-state index contributed by atoms with van der Waals surface area (Å²) in [6.45, 7) is 0. The zero-order valence-corrected chi connectivity index (χ0v) is 17.7. The predicted octanol–water partition coefficient (Wildman–Crippen LogP) is -6.54. The fourth-order valence-electron chi connectivity index (χ4n) is 1.58. The van der Waals surface area contributed by atoms with Crippen molar-refractivity contribution in [1.82, 2.24) is 0 Å². The zero-order valence-electron chi connectivity index (χ0n) is 12.9. The van der Waals surface area contributed by atoms with Crippen molar-refractivity contribution in [3.05, 3.63) is 59.7 Å². The number of carbonyl (C=O) groups excluding carboxylic acids is 2.